The van der Waals surface area contributed by atoms with E-state index >= 15 is 0 Å². The lowest BCUT2D eigenvalue weighted by atomic mass is 10.1. The zero-order valence-corrected chi connectivity index (χ0v) is 10.5. The number of hydrogen-bond acceptors (Lipinski definition) is 3. The average Bonchev–Trinajstić information content (AvgIpc) is 2.43. The number of ether oxygens (including phenoxy) is 1. The summed E-state index contributed by atoms with van der Waals surface area (Å²) in [5.74, 6) is 0.869. The lowest BCUT2D eigenvalue weighted by Gasteiger charge is -2.35. The summed E-state index contributed by atoms with van der Waals surface area (Å²) < 4.78 is 5.45. The molecule has 96 valence electrons. The topological polar surface area (TPSA) is 32.8 Å². The Morgan fingerprint density at radius 2 is 1.89 bits per heavy atom. The molecule has 1 saturated heterocycles. The molecule has 0 bridgehead atoms. The van der Waals surface area contributed by atoms with Crippen LogP contribution in [0.25, 0.3) is 0 Å². The minimum Gasteiger partial charge on any atom is -0.482 e. The van der Waals surface area contributed by atoms with Gasteiger partial charge >= 0.3 is 0 Å². The van der Waals surface area contributed by atoms with Gasteiger partial charge in [0.05, 0.1) is 12.4 Å². The van der Waals surface area contributed by atoms with Crippen LogP contribution in [0.2, 0.25) is 0 Å². The second-order valence-corrected chi connectivity index (χ2v) is 4.90. The number of likely N-dealkylation sites (tertiary alicyclic amines) is 1. The smallest absolute Gasteiger partial charge is 0.266 e. The largest absolute Gasteiger partial charge is 0.482 e. The minimum atomic E-state index is 0.0549. The molecule has 4 heteroatoms. The fourth-order valence-corrected chi connectivity index (χ4v) is 2.61. The highest BCUT2D eigenvalue weighted by molar-refractivity contribution is 5.97. The molecule has 0 radical (unpaired) electrons. The van der Waals surface area contributed by atoms with Crippen molar-refractivity contribution in [2.45, 2.75) is 19.3 Å². The van der Waals surface area contributed by atoms with Gasteiger partial charge in [0.25, 0.3) is 5.91 Å². The lowest BCUT2D eigenvalue weighted by Crippen LogP contribution is -2.47. The van der Waals surface area contributed by atoms with E-state index in [0.717, 1.165) is 24.5 Å². The van der Waals surface area contributed by atoms with Crippen LogP contribution >= 0.6 is 0 Å². The Bertz CT molecular complexity index is 441. The first-order valence-electron chi connectivity index (χ1n) is 6.59. The molecule has 1 fully saturated rings. The van der Waals surface area contributed by atoms with E-state index in [2.05, 4.69) is 4.90 Å². The second kappa shape index (κ2) is 4.98. The van der Waals surface area contributed by atoms with Crippen molar-refractivity contribution in [3.05, 3.63) is 24.3 Å². The Morgan fingerprint density at radius 1 is 1.11 bits per heavy atom. The molecule has 3 rings (SSSR count). The summed E-state index contributed by atoms with van der Waals surface area (Å²) in [5.41, 5.74) is 0.902. The van der Waals surface area contributed by atoms with Crippen molar-refractivity contribution in [3.8, 4) is 5.75 Å². The third-order valence-electron chi connectivity index (χ3n) is 3.60. The summed E-state index contributed by atoms with van der Waals surface area (Å²) in [6.07, 6.45) is 3.78. The van der Waals surface area contributed by atoms with Gasteiger partial charge < -0.3 is 4.74 Å². The van der Waals surface area contributed by atoms with Gasteiger partial charge in [-0.25, -0.2) is 0 Å². The molecule has 0 unspecified atom stereocenters. The number of nitrogens with zero attached hydrogens (tertiary/aromatic N) is 2. The molecule has 1 aromatic carbocycles. The maximum absolute atomic E-state index is 12.0. The van der Waals surface area contributed by atoms with Crippen LogP contribution in [0.15, 0.2) is 24.3 Å². The zero-order chi connectivity index (χ0) is 12.4. The fourth-order valence-electron chi connectivity index (χ4n) is 2.61. The molecule has 0 aromatic heterocycles. The van der Waals surface area contributed by atoms with Crippen LogP contribution < -0.4 is 9.64 Å². The highest BCUT2D eigenvalue weighted by atomic mass is 16.5. The van der Waals surface area contributed by atoms with E-state index in [1.165, 1.54) is 19.3 Å². The summed E-state index contributed by atoms with van der Waals surface area (Å²) in [4.78, 5) is 16.2. The Morgan fingerprint density at radius 3 is 2.72 bits per heavy atom. The van der Waals surface area contributed by atoms with Gasteiger partial charge in [-0.2, -0.15) is 0 Å². The number of para-hydroxylation sites is 2. The number of fused-ring (bicyclic) bond motifs is 1. The first kappa shape index (κ1) is 11.5. The quantitative estimate of drug-likeness (QED) is 0.798. The molecule has 0 N–H and O–H groups in total. The van der Waals surface area contributed by atoms with Crippen molar-refractivity contribution < 1.29 is 9.53 Å². The highest BCUT2D eigenvalue weighted by Crippen LogP contribution is 2.31. The molecular formula is C14H18N2O2. The van der Waals surface area contributed by atoms with Gasteiger partial charge in [-0.1, -0.05) is 18.6 Å². The molecule has 0 saturated carbocycles. The van der Waals surface area contributed by atoms with Gasteiger partial charge in [0.2, 0.25) is 0 Å². The van der Waals surface area contributed by atoms with Crippen molar-refractivity contribution in [2.24, 2.45) is 0 Å². The molecule has 18 heavy (non-hydrogen) atoms. The van der Waals surface area contributed by atoms with E-state index < -0.39 is 0 Å². The number of carbonyl (C=O) groups excluding carboxylic acids is 1. The molecular weight excluding hydrogens is 228 g/mol. The summed E-state index contributed by atoms with van der Waals surface area (Å²) in [5, 5.41) is 0. The third kappa shape index (κ3) is 2.20. The van der Waals surface area contributed by atoms with Gasteiger partial charge in [0.15, 0.2) is 6.61 Å². The van der Waals surface area contributed by atoms with Gasteiger partial charge in [-0.3, -0.25) is 14.6 Å². The van der Waals surface area contributed by atoms with Crippen molar-refractivity contribution in [2.75, 3.05) is 31.3 Å². The van der Waals surface area contributed by atoms with Gasteiger partial charge in [0, 0.05) is 0 Å². The third-order valence-corrected chi connectivity index (χ3v) is 3.60. The minimum absolute atomic E-state index is 0.0549. The summed E-state index contributed by atoms with van der Waals surface area (Å²) >= 11 is 0. The van der Waals surface area contributed by atoms with E-state index in [0.29, 0.717) is 6.67 Å². The Kier molecular flexibility index (Phi) is 3.19. The standard InChI is InChI=1S/C14H18N2O2/c17-14-10-18-13-7-3-2-6-12(13)16(14)11-15-8-4-1-5-9-15/h2-3,6-7H,1,4-5,8-11H2. The first-order chi connectivity index (χ1) is 8.84. The van der Waals surface area contributed by atoms with E-state index in [9.17, 15) is 4.79 Å². The predicted molar refractivity (Wildman–Crippen MR) is 69.7 cm³/mol. The zero-order valence-electron chi connectivity index (χ0n) is 10.5. The highest BCUT2D eigenvalue weighted by Gasteiger charge is 2.26. The van der Waals surface area contributed by atoms with Crippen molar-refractivity contribution in [3.63, 3.8) is 0 Å². The fraction of sp³-hybridized carbons (Fsp3) is 0.500. The van der Waals surface area contributed by atoms with E-state index in [4.69, 9.17) is 4.74 Å². The molecule has 2 aliphatic heterocycles. The van der Waals surface area contributed by atoms with Crippen molar-refractivity contribution in [1.82, 2.24) is 4.90 Å². The van der Waals surface area contributed by atoms with Crippen LogP contribution in [0.3, 0.4) is 0 Å². The maximum Gasteiger partial charge on any atom is 0.266 e. The predicted octanol–water partition coefficient (Wildman–Crippen LogP) is 1.86. The molecule has 1 aromatic rings. The molecule has 0 atom stereocenters. The van der Waals surface area contributed by atoms with Crippen LogP contribution in [0.4, 0.5) is 5.69 Å². The second-order valence-electron chi connectivity index (χ2n) is 4.90. The van der Waals surface area contributed by atoms with Crippen LogP contribution in [0.1, 0.15) is 19.3 Å². The normalized spacial score (nSPS) is 20.4. The van der Waals surface area contributed by atoms with Crippen LogP contribution in [0.5, 0.6) is 5.75 Å². The maximum atomic E-state index is 12.0. The number of piperidine rings is 1. The summed E-state index contributed by atoms with van der Waals surface area (Å²) in [6, 6.07) is 7.76. The van der Waals surface area contributed by atoms with Gasteiger partial charge in [-0.05, 0) is 38.1 Å². The number of anilines is 1. The first-order valence-corrected chi connectivity index (χ1v) is 6.59. The number of amides is 1. The van der Waals surface area contributed by atoms with Gasteiger partial charge in [0.1, 0.15) is 5.75 Å². The monoisotopic (exact) mass is 246 g/mol. The molecule has 0 aliphatic carbocycles. The van der Waals surface area contributed by atoms with Crippen molar-refractivity contribution >= 4 is 11.6 Å². The van der Waals surface area contributed by atoms with E-state index in [1.807, 2.05) is 29.2 Å². The summed E-state index contributed by atoms with van der Waals surface area (Å²) in [7, 11) is 0. The van der Waals surface area contributed by atoms with Crippen molar-refractivity contribution in [1.29, 1.82) is 0 Å². The Balaban J connectivity index is 1.79. The number of benzene rings is 1. The molecule has 4 nitrogen and oxygen atoms in total. The molecule has 1 amide bonds. The van der Waals surface area contributed by atoms with Gasteiger partial charge in [-0.15, -0.1) is 0 Å². The number of rotatable bonds is 2. The van der Waals surface area contributed by atoms with E-state index in [-0.39, 0.29) is 12.5 Å². The summed E-state index contributed by atoms with van der Waals surface area (Å²) in [6.45, 7) is 3.03. The van der Waals surface area contributed by atoms with Crippen LogP contribution in [-0.4, -0.2) is 37.2 Å². The Hall–Kier alpha value is -1.55. The molecule has 0 spiro atoms. The van der Waals surface area contributed by atoms with Crippen LogP contribution in [-0.2, 0) is 4.79 Å². The molecule has 2 aliphatic rings. The lowest BCUT2D eigenvalue weighted by molar-refractivity contribution is -0.121. The molecule has 2 heterocycles. The SMILES string of the molecule is O=C1COc2ccccc2N1CN1CCCCC1. The number of hydrogen-bond donors (Lipinski definition) is 0. The van der Waals surface area contributed by atoms with Crippen LogP contribution in [0, 0.1) is 0 Å². The Labute approximate surface area is 107 Å². The van der Waals surface area contributed by atoms with E-state index in [1.54, 1.807) is 0 Å². The number of carbonyl (C=O) groups is 1. The average molecular weight is 246 g/mol.